The van der Waals surface area contributed by atoms with Gasteiger partial charge in [0.2, 0.25) is 5.76 Å². The third kappa shape index (κ3) is 3.11. The van der Waals surface area contributed by atoms with Gasteiger partial charge in [0.25, 0.3) is 0 Å². The average Bonchev–Trinajstić information content (AvgIpc) is 2.99. The topological polar surface area (TPSA) is 58.2 Å². The standard InChI is InChI=1S/C17H17ClN2O2/c1-11-8-12(18)9-15(16-3-2-14(10-19)21-16)17(11)22-13-4-6-20-7-5-13/h2-3,8-9,13,20H,4-7H2,1H3. The van der Waals surface area contributed by atoms with E-state index in [1.54, 1.807) is 12.1 Å². The second-order valence-electron chi connectivity index (χ2n) is 5.44. The first kappa shape index (κ1) is 15.0. The lowest BCUT2D eigenvalue weighted by Gasteiger charge is -2.26. The first-order valence-electron chi connectivity index (χ1n) is 7.35. The fourth-order valence-electron chi connectivity index (χ4n) is 2.69. The Kier molecular flexibility index (Phi) is 4.37. The molecule has 1 saturated heterocycles. The SMILES string of the molecule is Cc1cc(Cl)cc(-c2ccc(C#N)o2)c1OC1CCNCC1. The third-order valence-corrected chi connectivity index (χ3v) is 4.01. The maximum Gasteiger partial charge on any atom is 0.204 e. The Morgan fingerprint density at radius 3 is 2.77 bits per heavy atom. The predicted octanol–water partition coefficient (Wildman–Crippen LogP) is 3.91. The molecule has 1 aliphatic rings. The molecule has 0 spiro atoms. The quantitative estimate of drug-likeness (QED) is 0.932. The molecule has 1 aromatic heterocycles. The van der Waals surface area contributed by atoms with E-state index < -0.39 is 0 Å². The average molecular weight is 317 g/mol. The van der Waals surface area contributed by atoms with Crippen molar-refractivity contribution in [1.82, 2.24) is 5.32 Å². The Bertz CT molecular complexity index is 712. The number of nitrogens with one attached hydrogen (secondary N) is 1. The number of benzene rings is 1. The Hall–Kier alpha value is -1.96. The molecule has 0 aliphatic carbocycles. The van der Waals surface area contributed by atoms with Gasteiger partial charge in [-0.1, -0.05) is 11.6 Å². The van der Waals surface area contributed by atoms with E-state index in [-0.39, 0.29) is 11.9 Å². The highest BCUT2D eigenvalue weighted by Gasteiger charge is 2.20. The fraction of sp³-hybridized carbons (Fsp3) is 0.353. The molecule has 5 heteroatoms. The molecular formula is C17H17ClN2O2. The van der Waals surface area contributed by atoms with Crippen LogP contribution >= 0.6 is 11.6 Å². The number of hydrogen-bond acceptors (Lipinski definition) is 4. The van der Waals surface area contributed by atoms with E-state index in [2.05, 4.69) is 5.32 Å². The molecule has 1 fully saturated rings. The van der Waals surface area contributed by atoms with Gasteiger partial charge in [0.1, 0.15) is 23.7 Å². The normalized spacial score (nSPS) is 15.5. The summed E-state index contributed by atoms with van der Waals surface area (Å²) in [7, 11) is 0. The minimum atomic E-state index is 0.185. The number of aryl methyl sites for hydroxylation is 1. The number of halogens is 1. The van der Waals surface area contributed by atoms with E-state index in [0.717, 1.165) is 42.8 Å². The first-order valence-corrected chi connectivity index (χ1v) is 7.73. The lowest BCUT2D eigenvalue weighted by molar-refractivity contribution is 0.162. The summed E-state index contributed by atoms with van der Waals surface area (Å²) in [5, 5.41) is 12.9. The summed E-state index contributed by atoms with van der Waals surface area (Å²) in [6.07, 6.45) is 2.14. The maximum atomic E-state index is 8.93. The number of rotatable bonds is 3. The molecule has 0 atom stereocenters. The van der Waals surface area contributed by atoms with Gasteiger partial charge in [0.15, 0.2) is 0 Å². The lowest BCUT2D eigenvalue weighted by atomic mass is 10.1. The molecule has 4 nitrogen and oxygen atoms in total. The summed E-state index contributed by atoms with van der Waals surface area (Å²) in [5.74, 6) is 1.67. The van der Waals surface area contributed by atoms with E-state index in [4.69, 9.17) is 26.0 Å². The zero-order chi connectivity index (χ0) is 15.5. The highest BCUT2D eigenvalue weighted by Crippen LogP contribution is 2.37. The summed E-state index contributed by atoms with van der Waals surface area (Å²) in [4.78, 5) is 0. The smallest absolute Gasteiger partial charge is 0.204 e. The fourth-order valence-corrected chi connectivity index (χ4v) is 2.96. The minimum Gasteiger partial charge on any atom is -0.489 e. The van der Waals surface area contributed by atoms with Crippen molar-refractivity contribution in [1.29, 1.82) is 5.26 Å². The number of nitrogens with zero attached hydrogens (tertiary/aromatic N) is 1. The summed E-state index contributed by atoms with van der Waals surface area (Å²) in [6, 6.07) is 9.14. The van der Waals surface area contributed by atoms with Gasteiger partial charge in [-0.15, -0.1) is 0 Å². The molecule has 1 N–H and O–H groups in total. The molecule has 2 aromatic rings. The molecule has 3 rings (SSSR count). The molecule has 0 radical (unpaired) electrons. The second kappa shape index (κ2) is 6.43. The highest BCUT2D eigenvalue weighted by atomic mass is 35.5. The van der Waals surface area contributed by atoms with Crippen LogP contribution in [0, 0.1) is 18.3 Å². The van der Waals surface area contributed by atoms with Crippen molar-refractivity contribution in [2.45, 2.75) is 25.9 Å². The van der Waals surface area contributed by atoms with E-state index in [0.29, 0.717) is 10.8 Å². The van der Waals surface area contributed by atoms with Gasteiger partial charge < -0.3 is 14.5 Å². The van der Waals surface area contributed by atoms with Crippen molar-refractivity contribution in [3.63, 3.8) is 0 Å². The zero-order valence-corrected chi connectivity index (χ0v) is 13.1. The molecular weight excluding hydrogens is 300 g/mol. The molecule has 0 unspecified atom stereocenters. The summed E-state index contributed by atoms with van der Waals surface area (Å²) >= 11 is 6.18. The summed E-state index contributed by atoms with van der Waals surface area (Å²) < 4.78 is 11.8. The second-order valence-corrected chi connectivity index (χ2v) is 5.88. The molecule has 2 heterocycles. The number of furan rings is 1. The molecule has 1 aliphatic heterocycles. The van der Waals surface area contributed by atoms with Crippen LogP contribution in [0.15, 0.2) is 28.7 Å². The van der Waals surface area contributed by atoms with Crippen molar-refractivity contribution < 1.29 is 9.15 Å². The van der Waals surface area contributed by atoms with E-state index in [1.165, 1.54) is 0 Å². The minimum absolute atomic E-state index is 0.185. The number of piperidine rings is 1. The number of nitriles is 1. The van der Waals surface area contributed by atoms with Crippen LogP contribution in [-0.4, -0.2) is 19.2 Å². The van der Waals surface area contributed by atoms with Gasteiger partial charge in [0, 0.05) is 5.02 Å². The van der Waals surface area contributed by atoms with Gasteiger partial charge in [-0.3, -0.25) is 0 Å². The van der Waals surface area contributed by atoms with Crippen molar-refractivity contribution in [3.8, 4) is 23.1 Å². The predicted molar refractivity (Wildman–Crippen MR) is 85.1 cm³/mol. The molecule has 1 aromatic carbocycles. The monoisotopic (exact) mass is 316 g/mol. The Labute approximate surface area is 134 Å². The van der Waals surface area contributed by atoms with Crippen LogP contribution < -0.4 is 10.1 Å². The number of hydrogen-bond donors (Lipinski definition) is 1. The first-order chi connectivity index (χ1) is 10.7. The van der Waals surface area contributed by atoms with Gasteiger partial charge in [-0.25, -0.2) is 0 Å². The Morgan fingerprint density at radius 1 is 1.32 bits per heavy atom. The van der Waals surface area contributed by atoms with Crippen LogP contribution in [-0.2, 0) is 0 Å². The third-order valence-electron chi connectivity index (χ3n) is 3.79. The number of ether oxygens (including phenoxy) is 1. The van der Waals surface area contributed by atoms with Gasteiger partial charge in [-0.2, -0.15) is 5.26 Å². The largest absolute Gasteiger partial charge is 0.489 e. The summed E-state index contributed by atoms with van der Waals surface area (Å²) in [6.45, 7) is 3.90. The van der Waals surface area contributed by atoms with Crippen molar-refractivity contribution in [2.75, 3.05) is 13.1 Å². The van der Waals surface area contributed by atoms with Crippen LogP contribution in [0.5, 0.6) is 5.75 Å². The molecule has 0 bridgehead atoms. The van der Waals surface area contributed by atoms with E-state index >= 15 is 0 Å². The zero-order valence-electron chi connectivity index (χ0n) is 12.4. The molecule has 114 valence electrons. The lowest BCUT2D eigenvalue weighted by Crippen LogP contribution is -2.34. The van der Waals surface area contributed by atoms with Crippen LogP contribution in [0.25, 0.3) is 11.3 Å². The highest BCUT2D eigenvalue weighted by molar-refractivity contribution is 6.31. The van der Waals surface area contributed by atoms with Crippen LogP contribution in [0.3, 0.4) is 0 Å². The summed E-state index contributed by atoms with van der Waals surface area (Å²) in [5.41, 5.74) is 1.76. The van der Waals surface area contributed by atoms with Crippen LogP contribution in [0.2, 0.25) is 5.02 Å². The van der Waals surface area contributed by atoms with Crippen molar-refractivity contribution in [3.05, 3.63) is 40.6 Å². The van der Waals surface area contributed by atoms with E-state index in [1.807, 2.05) is 25.1 Å². The van der Waals surface area contributed by atoms with Gasteiger partial charge >= 0.3 is 0 Å². The van der Waals surface area contributed by atoms with Gasteiger partial charge in [-0.05, 0) is 62.7 Å². The van der Waals surface area contributed by atoms with Crippen LogP contribution in [0.4, 0.5) is 0 Å². The Balaban J connectivity index is 1.98. The van der Waals surface area contributed by atoms with Crippen molar-refractivity contribution >= 4 is 11.6 Å². The maximum absolute atomic E-state index is 8.93. The molecule has 22 heavy (non-hydrogen) atoms. The van der Waals surface area contributed by atoms with E-state index in [9.17, 15) is 0 Å². The van der Waals surface area contributed by atoms with Crippen LogP contribution in [0.1, 0.15) is 24.2 Å². The molecule has 0 saturated carbocycles. The molecule has 0 amide bonds. The van der Waals surface area contributed by atoms with Crippen molar-refractivity contribution in [2.24, 2.45) is 0 Å². The van der Waals surface area contributed by atoms with Gasteiger partial charge in [0.05, 0.1) is 5.56 Å². The Morgan fingerprint density at radius 2 is 2.09 bits per heavy atom.